The summed E-state index contributed by atoms with van der Waals surface area (Å²) in [5.74, 6) is 1.39. The molecule has 0 atom stereocenters. The molecule has 0 saturated carbocycles. The van der Waals surface area contributed by atoms with Gasteiger partial charge in [0.05, 0.1) is 12.2 Å². The van der Waals surface area contributed by atoms with E-state index in [2.05, 4.69) is 5.32 Å². The Morgan fingerprint density at radius 3 is 2.44 bits per heavy atom. The van der Waals surface area contributed by atoms with Crippen molar-refractivity contribution in [1.29, 1.82) is 0 Å². The van der Waals surface area contributed by atoms with Gasteiger partial charge >= 0.3 is 0 Å². The summed E-state index contributed by atoms with van der Waals surface area (Å²) in [6.07, 6.45) is 0. The van der Waals surface area contributed by atoms with Crippen LogP contribution in [0.1, 0.15) is 0 Å². The molecular formula is C14H12ClNO2. The largest absolute Gasteiger partial charge is 0.455 e. The molecule has 0 amide bonds. The van der Waals surface area contributed by atoms with Gasteiger partial charge in [-0.1, -0.05) is 30.3 Å². The lowest BCUT2D eigenvalue weighted by Gasteiger charge is -2.11. The fourth-order valence-corrected chi connectivity index (χ4v) is 1.55. The molecule has 0 saturated heterocycles. The highest BCUT2D eigenvalue weighted by Crippen LogP contribution is 2.28. The highest BCUT2D eigenvalue weighted by atomic mass is 35.5. The number of nitrogens with one attached hydrogen (secondary N) is 1. The Morgan fingerprint density at radius 1 is 1.06 bits per heavy atom. The van der Waals surface area contributed by atoms with Gasteiger partial charge in [-0.2, -0.15) is 0 Å². The van der Waals surface area contributed by atoms with Crippen LogP contribution in [0, 0.1) is 0 Å². The first kappa shape index (κ1) is 12.5. The van der Waals surface area contributed by atoms with Crippen molar-refractivity contribution in [2.24, 2.45) is 0 Å². The third kappa shape index (κ3) is 3.50. The number of hydrogen-bond acceptors (Lipinski definition) is 3. The number of anilines is 1. The van der Waals surface area contributed by atoms with E-state index in [0.717, 1.165) is 11.4 Å². The first-order chi connectivity index (χ1) is 8.75. The van der Waals surface area contributed by atoms with Crippen LogP contribution >= 0.6 is 11.6 Å². The molecule has 18 heavy (non-hydrogen) atoms. The predicted molar refractivity (Wildman–Crippen MR) is 72.3 cm³/mol. The molecule has 92 valence electrons. The van der Waals surface area contributed by atoms with Gasteiger partial charge in [0.2, 0.25) is 5.24 Å². The molecule has 0 aromatic heterocycles. The van der Waals surface area contributed by atoms with Crippen molar-refractivity contribution in [3.05, 3.63) is 54.6 Å². The van der Waals surface area contributed by atoms with Crippen molar-refractivity contribution in [2.45, 2.75) is 0 Å². The summed E-state index contributed by atoms with van der Waals surface area (Å²) in [7, 11) is 0. The molecule has 0 unspecified atom stereocenters. The lowest BCUT2D eigenvalue weighted by molar-refractivity contribution is -0.110. The maximum atomic E-state index is 10.7. The fraction of sp³-hybridized carbons (Fsp3) is 0.0714. The number of para-hydroxylation sites is 3. The molecular weight excluding hydrogens is 250 g/mol. The monoisotopic (exact) mass is 261 g/mol. The van der Waals surface area contributed by atoms with Crippen LogP contribution in [-0.2, 0) is 4.79 Å². The van der Waals surface area contributed by atoms with Crippen LogP contribution in [0.2, 0.25) is 0 Å². The zero-order valence-corrected chi connectivity index (χ0v) is 10.4. The predicted octanol–water partition coefficient (Wildman–Crippen LogP) is 3.66. The second kappa shape index (κ2) is 6.07. The highest BCUT2D eigenvalue weighted by Gasteiger charge is 2.04. The van der Waals surface area contributed by atoms with E-state index in [0.29, 0.717) is 5.75 Å². The lowest BCUT2D eigenvalue weighted by atomic mass is 10.3. The van der Waals surface area contributed by atoms with Gasteiger partial charge in [-0.05, 0) is 35.9 Å². The minimum atomic E-state index is -0.440. The van der Waals surface area contributed by atoms with Gasteiger partial charge in [0.15, 0.2) is 5.75 Å². The van der Waals surface area contributed by atoms with E-state index in [1.807, 2.05) is 54.6 Å². The van der Waals surface area contributed by atoms with Crippen LogP contribution in [0.25, 0.3) is 0 Å². The molecule has 0 spiro atoms. The van der Waals surface area contributed by atoms with Crippen molar-refractivity contribution in [2.75, 3.05) is 11.9 Å². The van der Waals surface area contributed by atoms with Crippen LogP contribution in [0.3, 0.4) is 0 Å². The molecule has 0 aliphatic heterocycles. The molecule has 2 rings (SSSR count). The van der Waals surface area contributed by atoms with Gasteiger partial charge in [0.1, 0.15) is 5.75 Å². The fourth-order valence-electron chi connectivity index (χ4n) is 1.48. The molecule has 2 aromatic rings. The molecule has 0 radical (unpaired) electrons. The molecule has 0 aliphatic rings. The molecule has 0 heterocycles. The second-order valence-corrected chi connectivity index (χ2v) is 4.04. The average Bonchev–Trinajstić information content (AvgIpc) is 2.39. The third-order valence-electron chi connectivity index (χ3n) is 2.28. The van der Waals surface area contributed by atoms with Gasteiger partial charge in [-0.25, -0.2) is 0 Å². The first-order valence-electron chi connectivity index (χ1n) is 5.50. The second-order valence-electron chi connectivity index (χ2n) is 3.62. The lowest BCUT2D eigenvalue weighted by Crippen LogP contribution is -2.08. The average molecular weight is 262 g/mol. The van der Waals surface area contributed by atoms with E-state index in [1.54, 1.807) is 0 Å². The number of halogens is 1. The molecule has 0 aliphatic carbocycles. The number of carbonyl (C=O) groups is 1. The number of benzene rings is 2. The minimum absolute atomic E-state index is 0.0662. The van der Waals surface area contributed by atoms with E-state index in [9.17, 15) is 4.79 Å². The van der Waals surface area contributed by atoms with Crippen molar-refractivity contribution in [3.8, 4) is 11.5 Å². The third-order valence-corrected chi connectivity index (χ3v) is 2.41. The first-order valence-corrected chi connectivity index (χ1v) is 5.87. The quantitative estimate of drug-likeness (QED) is 0.835. The van der Waals surface area contributed by atoms with Crippen molar-refractivity contribution < 1.29 is 9.53 Å². The molecule has 2 aromatic carbocycles. The summed E-state index contributed by atoms with van der Waals surface area (Å²) in [4.78, 5) is 10.7. The molecule has 0 bridgehead atoms. The van der Waals surface area contributed by atoms with E-state index >= 15 is 0 Å². The van der Waals surface area contributed by atoms with Crippen molar-refractivity contribution in [3.63, 3.8) is 0 Å². The molecule has 1 N–H and O–H groups in total. The van der Waals surface area contributed by atoms with Gasteiger partial charge in [-0.15, -0.1) is 0 Å². The minimum Gasteiger partial charge on any atom is -0.455 e. The van der Waals surface area contributed by atoms with Gasteiger partial charge in [0.25, 0.3) is 0 Å². The summed E-state index contributed by atoms with van der Waals surface area (Å²) >= 11 is 5.30. The van der Waals surface area contributed by atoms with Gasteiger partial charge in [0, 0.05) is 0 Å². The zero-order valence-electron chi connectivity index (χ0n) is 9.60. The number of hydrogen-bond donors (Lipinski definition) is 1. The normalized spacial score (nSPS) is 9.83. The summed E-state index contributed by atoms with van der Waals surface area (Å²) < 4.78 is 5.72. The summed E-state index contributed by atoms with van der Waals surface area (Å²) in [6.45, 7) is 0.0662. The Labute approximate surface area is 110 Å². The van der Waals surface area contributed by atoms with Crippen LogP contribution in [0.5, 0.6) is 11.5 Å². The Kier molecular flexibility index (Phi) is 4.20. The zero-order chi connectivity index (χ0) is 12.8. The Hall–Kier alpha value is -2.00. The van der Waals surface area contributed by atoms with Crippen LogP contribution in [-0.4, -0.2) is 11.8 Å². The Bertz CT molecular complexity index is 528. The van der Waals surface area contributed by atoms with Crippen LogP contribution < -0.4 is 10.1 Å². The summed E-state index contributed by atoms with van der Waals surface area (Å²) in [5.41, 5.74) is 0.732. The topological polar surface area (TPSA) is 38.3 Å². The van der Waals surface area contributed by atoms with Gasteiger partial charge < -0.3 is 10.1 Å². The molecule has 0 fully saturated rings. The SMILES string of the molecule is O=C(Cl)CNc1ccccc1Oc1ccccc1. The van der Waals surface area contributed by atoms with E-state index in [4.69, 9.17) is 16.3 Å². The van der Waals surface area contributed by atoms with Crippen LogP contribution in [0.4, 0.5) is 5.69 Å². The Balaban J connectivity index is 2.14. The smallest absolute Gasteiger partial charge is 0.240 e. The number of rotatable bonds is 5. The molecule has 3 nitrogen and oxygen atoms in total. The van der Waals surface area contributed by atoms with E-state index in [-0.39, 0.29) is 6.54 Å². The Morgan fingerprint density at radius 2 is 1.72 bits per heavy atom. The van der Waals surface area contributed by atoms with Gasteiger partial charge in [-0.3, -0.25) is 4.79 Å². The van der Waals surface area contributed by atoms with Crippen molar-refractivity contribution >= 4 is 22.5 Å². The number of carbonyl (C=O) groups excluding carboxylic acids is 1. The van der Waals surface area contributed by atoms with Crippen LogP contribution in [0.15, 0.2) is 54.6 Å². The van der Waals surface area contributed by atoms with Crippen molar-refractivity contribution in [1.82, 2.24) is 0 Å². The number of ether oxygens (including phenoxy) is 1. The summed E-state index contributed by atoms with van der Waals surface area (Å²) in [6, 6.07) is 16.8. The summed E-state index contributed by atoms with van der Waals surface area (Å²) in [5, 5.41) is 2.49. The maximum absolute atomic E-state index is 10.7. The standard InChI is InChI=1S/C14H12ClNO2/c15-14(17)10-16-12-8-4-5-9-13(12)18-11-6-2-1-3-7-11/h1-9,16H,10H2. The van der Waals surface area contributed by atoms with E-state index in [1.165, 1.54) is 0 Å². The maximum Gasteiger partial charge on any atom is 0.240 e. The molecule has 4 heteroatoms. The highest BCUT2D eigenvalue weighted by molar-refractivity contribution is 6.64. The van der Waals surface area contributed by atoms with E-state index < -0.39 is 5.24 Å².